The lowest BCUT2D eigenvalue weighted by atomic mass is 9.91. The summed E-state index contributed by atoms with van der Waals surface area (Å²) in [4.78, 5) is 0. The fourth-order valence-electron chi connectivity index (χ4n) is 4.21. The zero-order chi connectivity index (χ0) is 21.6. The molecule has 0 aromatic heterocycles. The van der Waals surface area contributed by atoms with E-state index in [1.54, 1.807) is 0 Å². The van der Waals surface area contributed by atoms with Crippen LogP contribution in [0.3, 0.4) is 0 Å². The molecule has 0 radical (unpaired) electrons. The molecule has 0 bridgehead atoms. The molecule has 2 N–H and O–H groups in total. The molecule has 0 saturated carbocycles. The van der Waals surface area contributed by atoms with Gasteiger partial charge in [-0.05, 0) is 54.9 Å². The van der Waals surface area contributed by atoms with E-state index in [-0.39, 0.29) is 5.16 Å². The molecule has 158 valence electrons. The van der Waals surface area contributed by atoms with E-state index < -0.39 is 0 Å². The van der Waals surface area contributed by atoms with Crippen LogP contribution in [0.15, 0.2) is 66.7 Å². The molecule has 0 aliphatic heterocycles. The monoisotopic (exact) mass is 419 g/mol. The minimum Gasteiger partial charge on any atom is -0.508 e. The van der Waals surface area contributed by atoms with Crippen LogP contribution in [0.1, 0.15) is 54.5 Å². The molecule has 30 heavy (non-hydrogen) atoms. The Morgan fingerprint density at radius 1 is 0.967 bits per heavy atom. The molecule has 3 rings (SSSR count). The van der Waals surface area contributed by atoms with Crippen molar-refractivity contribution in [1.82, 2.24) is 5.32 Å². The standard InChI is InChI=1S/C27H34NOP/c1-5-15-27(3,30-26-14-11-20(2)16-23(26)19-28-4)24-18-22(12-13-25(24)29)17-21-9-7-6-8-10-21/h6-14,16,18,28-30H,5,15,17,19H2,1-4H3. The number of aryl methyl sites for hydroxylation is 1. The number of phenolic OH excluding ortho intramolecular Hbond substituents is 1. The number of nitrogens with one attached hydrogen (secondary N) is 1. The van der Waals surface area contributed by atoms with Gasteiger partial charge in [-0.1, -0.05) is 95.1 Å². The fourth-order valence-corrected chi connectivity index (χ4v) is 6.00. The van der Waals surface area contributed by atoms with Crippen LogP contribution < -0.4 is 10.6 Å². The van der Waals surface area contributed by atoms with Gasteiger partial charge in [-0.3, -0.25) is 0 Å². The Morgan fingerprint density at radius 3 is 2.43 bits per heavy atom. The normalized spacial score (nSPS) is 13.6. The van der Waals surface area contributed by atoms with Crippen LogP contribution in [0.5, 0.6) is 5.75 Å². The number of rotatable bonds is 9. The molecule has 2 nitrogen and oxygen atoms in total. The highest BCUT2D eigenvalue weighted by atomic mass is 31.1. The molecule has 3 aromatic carbocycles. The predicted molar refractivity (Wildman–Crippen MR) is 132 cm³/mol. The Morgan fingerprint density at radius 2 is 1.73 bits per heavy atom. The molecule has 0 saturated heterocycles. The van der Waals surface area contributed by atoms with Gasteiger partial charge in [-0.2, -0.15) is 0 Å². The van der Waals surface area contributed by atoms with E-state index in [4.69, 9.17) is 0 Å². The molecule has 3 heteroatoms. The van der Waals surface area contributed by atoms with E-state index in [9.17, 15) is 5.11 Å². The first-order valence-corrected chi connectivity index (χ1v) is 11.8. The first-order chi connectivity index (χ1) is 14.4. The third kappa shape index (κ3) is 5.50. The quantitative estimate of drug-likeness (QED) is 0.415. The zero-order valence-corrected chi connectivity index (χ0v) is 19.6. The van der Waals surface area contributed by atoms with Crippen molar-refractivity contribution < 1.29 is 5.11 Å². The van der Waals surface area contributed by atoms with Crippen LogP contribution in [0.4, 0.5) is 0 Å². The number of hydrogen-bond acceptors (Lipinski definition) is 2. The van der Waals surface area contributed by atoms with Gasteiger partial charge in [0.1, 0.15) is 5.75 Å². The topological polar surface area (TPSA) is 32.3 Å². The Hall–Kier alpha value is -2.15. The largest absolute Gasteiger partial charge is 0.508 e. The Bertz CT molecular complexity index is 970. The Kier molecular flexibility index (Phi) is 7.69. The van der Waals surface area contributed by atoms with E-state index in [0.29, 0.717) is 14.3 Å². The Labute approximate surface area is 183 Å². The first kappa shape index (κ1) is 22.5. The van der Waals surface area contributed by atoms with Crippen molar-refractivity contribution in [3.8, 4) is 5.75 Å². The summed E-state index contributed by atoms with van der Waals surface area (Å²) < 4.78 is 0. The maximum atomic E-state index is 10.9. The third-order valence-electron chi connectivity index (χ3n) is 5.70. The van der Waals surface area contributed by atoms with E-state index in [0.717, 1.165) is 31.4 Å². The lowest BCUT2D eigenvalue weighted by molar-refractivity contribution is 0.453. The molecular formula is C27H34NOP. The summed E-state index contributed by atoms with van der Waals surface area (Å²) in [6.45, 7) is 7.57. The van der Waals surface area contributed by atoms with Crippen LogP contribution in [-0.2, 0) is 18.1 Å². The molecule has 3 aromatic rings. The molecule has 0 amide bonds. The summed E-state index contributed by atoms with van der Waals surface area (Å²) in [5.74, 6) is 0.414. The van der Waals surface area contributed by atoms with Crippen molar-refractivity contribution in [2.75, 3.05) is 7.05 Å². The summed E-state index contributed by atoms with van der Waals surface area (Å²) in [5.41, 5.74) is 6.27. The van der Waals surface area contributed by atoms with E-state index >= 15 is 0 Å². The molecule has 0 fully saturated rings. The van der Waals surface area contributed by atoms with Crippen LogP contribution >= 0.6 is 8.58 Å². The molecule has 0 heterocycles. The highest BCUT2D eigenvalue weighted by Gasteiger charge is 2.30. The average Bonchev–Trinajstić information content (AvgIpc) is 2.73. The molecule has 0 aliphatic carbocycles. The van der Waals surface area contributed by atoms with Gasteiger partial charge in [0.2, 0.25) is 0 Å². The van der Waals surface area contributed by atoms with Gasteiger partial charge >= 0.3 is 0 Å². The van der Waals surface area contributed by atoms with Crippen LogP contribution in [0.25, 0.3) is 0 Å². The second-order valence-corrected chi connectivity index (χ2v) is 10.3. The van der Waals surface area contributed by atoms with Crippen molar-refractivity contribution in [3.63, 3.8) is 0 Å². The van der Waals surface area contributed by atoms with Gasteiger partial charge in [0, 0.05) is 17.3 Å². The average molecular weight is 420 g/mol. The summed E-state index contributed by atoms with van der Waals surface area (Å²) in [5, 5.41) is 15.5. The van der Waals surface area contributed by atoms with Gasteiger partial charge in [0.15, 0.2) is 0 Å². The van der Waals surface area contributed by atoms with E-state index in [1.165, 1.54) is 27.6 Å². The number of benzene rings is 3. The predicted octanol–water partition coefficient (Wildman–Crippen LogP) is 6.03. The van der Waals surface area contributed by atoms with Gasteiger partial charge in [-0.25, -0.2) is 0 Å². The van der Waals surface area contributed by atoms with Crippen LogP contribution in [-0.4, -0.2) is 12.2 Å². The molecule has 2 unspecified atom stereocenters. The van der Waals surface area contributed by atoms with Gasteiger partial charge in [0.25, 0.3) is 0 Å². The van der Waals surface area contributed by atoms with Crippen LogP contribution in [0, 0.1) is 6.92 Å². The number of aromatic hydroxyl groups is 1. The van der Waals surface area contributed by atoms with Crippen molar-refractivity contribution in [1.29, 1.82) is 0 Å². The fraction of sp³-hybridized carbons (Fsp3) is 0.333. The first-order valence-electron chi connectivity index (χ1n) is 10.8. The molecule has 0 aliphatic rings. The van der Waals surface area contributed by atoms with Gasteiger partial charge in [-0.15, -0.1) is 0 Å². The summed E-state index contributed by atoms with van der Waals surface area (Å²) in [6.07, 6.45) is 3.01. The summed E-state index contributed by atoms with van der Waals surface area (Å²) in [7, 11) is 2.60. The second kappa shape index (κ2) is 10.2. The highest BCUT2D eigenvalue weighted by molar-refractivity contribution is 7.48. The van der Waals surface area contributed by atoms with Crippen molar-refractivity contribution >= 4 is 13.9 Å². The third-order valence-corrected chi connectivity index (χ3v) is 7.52. The molecular weight excluding hydrogens is 385 g/mol. The molecule has 2 atom stereocenters. The number of hydrogen-bond donors (Lipinski definition) is 2. The van der Waals surface area contributed by atoms with Gasteiger partial charge < -0.3 is 10.4 Å². The van der Waals surface area contributed by atoms with Crippen molar-refractivity contribution in [2.24, 2.45) is 0 Å². The number of phenols is 1. The smallest absolute Gasteiger partial charge is 0.119 e. The minimum atomic E-state index is -0.0940. The Balaban J connectivity index is 1.98. The lowest BCUT2D eigenvalue weighted by Crippen LogP contribution is -2.23. The molecule has 0 spiro atoms. The summed E-state index contributed by atoms with van der Waals surface area (Å²) in [6, 6.07) is 23.5. The zero-order valence-electron chi connectivity index (χ0n) is 18.6. The summed E-state index contributed by atoms with van der Waals surface area (Å²) >= 11 is 0. The van der Waals surface area contributed by atoms with Crippen molar-refractivity contribution in [2.45, 2.75) is 51.7 Å². The minimum absolute atomic E-state index is 0.0940. The highest BCUT2D eigenvalue weighted by Crippen LogP contribution is 2.48. The maximum absolute atomic E-state index is 10.9. The second-order valence-electron chi connectivity index (χ2n) is 8.41. The maximum Gasteiger partial charge on any atom is 0.119 e. The van der Waals surface area contributed by atoms with Gasteiger partial charge in [0.05, 0.1) is 0 Å². The SMILES string of the molecule is CCCC(C)(Pc1ccc(C)cc1CNC)c1cc(Cc2ccccc2)ccc1O. The lowest BCUT2D eigenvalue weighted by Gasteiger charge is -2.32. The van der Waals surface area contributed by atoms with E-state index in [1.807, 2.05) is 13.1 Å². The van der Waals surface area contributed by atoms with Crippen molar-refractivity contribution in [3.05, 3.63) is 94.5 Å². The van der Waals surface area contributed by atoms with Crippen LogP contribution in [0.2, 0.25) is 0 Å². The van der Waals surface area contributed by atoms with E-state index in [2.05, 4.69) is 86.8 Å².